The molecule has 4 nitrogen and oxygen atoms in total. The Bertz CT molecular complexity index is 386. The minimum Gasteiger partial charge on any atom is -0.393 e. The van der Waals surface area contributed by atoms with Gasteiger partial charge in [-0.25, -0.2) is 0 Å². The number of carbonyl (C=O) groups excluding carboxylic acids is 1. The van der Waals surface area contributed by atoms with Crippen molar-refractivity contribution in [1.82, 2.24) is 9.80 Å². The monoisotopic (exact) mass is 264 g/mol. The molecule has 4 fully saturated rings. The van der Waals surface area contributed by atoms with Gasteiger partial charge in [0.1, 0.15) is 0 Å². The number of aliphatic hydroxyl groups excluding tert-OH is 1. The Balaban J connectivity index is 1.58. The molecule has 4 saturated heterocycles. The van der Waals surface area contributed by atoms with Crippen LogP contribution in [0.2, 0.25) is 0 Å². The van der Waals surface area contributed by atoms with Crippen LogP contribution in [0.3, 0.4) is 0 Å². The van der Waals surface area contributed by atoms with Crippen LogP contribution in [-0.4, -0.2) is 58.6 Å². The molecule has 0 spiro atoms. The van der Waals surface area contributed by atoms with Crippen molar-refractivity contribution in [2.24, 2.45) is 11.8 Å². The Morgan fingerprint density at radius 1 is 1.05 bits per heavy atom. The first-order chi connectivity index (χ1) is 9.22. The molecule has 1 amide bonds. The van der Waals surface area contributed by atoms with Gasteiger partial charge in [0.25, 0.3) is 0 Å². The first-order valence-corrected chi connectivity index (χ1v) is 7.94. The second kappa shape index (κ2) is 4.45. The normalized spacial score (nSPS) is 46.7. The van der Waals surface area contributed by atoms with Crippen molar-refractivity contribution in [3.05, 3.63) is 0 Å². The summed E-state index contributed by atoms with van der Waals surface area (Å²) in [5.74, 6) is 1.68. The zero-order valence-corrected chi connectivity index (χ0v) is 11.5. The molecule has 106 valence electrons. The third-order valence-electron chi connectivity index (χ3n) is 5.94. The molecule has 2 bridgehead atoms. The average Bonchev–Trinajstić information content (AvgIpc) is 2.41. The van der Waals surface area contributed by atoms with E-state index < -0.39 is 0 Å². The van der Waals surface area contributed by atoms with Crippen LogP contribution in [0.15, 0.2) is 0 Å². The topological polar surface area (TPSA) is 43.8 Å². The maximum absolute atomic E-state index is 12.1. The molecule has 5 atom stereocenters. The van der Waals surface area contributed by atoms with E-state index >= 15 is 0 Å². The van der Waals surface area contributed by atoms with Gasteiger partial charge in [0.2, 0.25) is 5.91 Å². The Morgan fingerprint density at radius 2 is 1.89 bits per heavy atom. The number of carbonyl (C=O) groups is 1. The molecule has 4 aliphatic rings. The molecule has 0 radical (unpaired) electrons. The van der Waals surface area contributed by atoms with Crippen molar-refractivity contribution in [2.75, 3.05) is 19.6 Å². The molecule has 0 aromatic carbocycles. The highest BCUT2D eigenvalue weighted by atomic mass is 16.3. The van der Waals surface area contributed by atoms with E-state index in [4.69, 9.17) is 0 Å². The lowest BCUT2D eigenvalue weighted by Gasteiger charge is -2.57. The van der Waals surface area contributed by atoms with Crippen LogP contribution in [0.1, 0.15) is 38.5 Å². The molecule has 0 aromatic rings. The number of aliphatic hydroxyl groups is 1. The van der Waals surface area contributed by atoms with E-state index in [1.165, 1.54) is 12.8 Å². The minimum absolute atomic E-state index is 0.118. The van der Waals surface area contributed by atoms with E-state index in [1.54, 1.807) is 0 Å². The van der Waals surface area contributed by atoms with Crippen molar-refractivity contribution in [3.8, 4) is 0 Å². The largest absolute Gasteiger partial charge is 0.393 e. The molecule has 4 heterocycles. The van der Waals surface area contributed by atoms with Crippen molar-refractivity contribution in [1.29, 1.82) is 0 Å². The Kier molecular flexibility index (Phi) is 2.85. The number of fused-ring (bicyclic) bond motifs is 6. The summed E-state index contributed by atoms with van der Waals surface area (Å²) >= 11 is 0. The third kappa shape index (κ3) is 1.91. The first-order valence-electron chi connectivity index (χ1n) is 7.94. The summed E-state index contributed by atoms with van der Waals surface area (Å²) in [5.41, 5.74) is 0. The SMILES string of the molecule is O=C1CCCC2C3CC(CN12)C1CC(O)CCN1C3. The molecular formula is C15H24N2O2. The van der Waals surface area contributed by atoms with Crippen LogP contribution >= 0.6 is 0 Å². The number of amides is 1. The summed E-state index contributed by atoms with van der Waals surface area (Å²) in [4.78, 5) is 17.0. The van der Waals surface area contributed by atoms with E-state index in [9.17, 15) is 9.90 Å². The fourth-order valence-electron chi connectivity index (χ4n) is 5.07. The van der Waals surface area contributed by atoms with Crippen molar-refractivity contribution >= 4 is 5.91 Å². The van der Waals surface area contributed by atoms with Gasteiger partial charge in [0.15, 0.2) is 0 Å². The molecule has 0 aromatic heterocycles. The smallest absolute Gasteiger partial charge is 0.222 e. The zero-order valence-electron chi connectivity index (χ0n) is 11.5. The molecule has 19 heavy (non-hydrogen) atoms. The lowest BCUT2D eigenvalue weighted by Crippen LogP contribution is -2.65. The van der Waals surface area contributed by atoms with Gasteiger partial charge in [-0.15, -0.1) is 0 Å². The Labute approximate surface area is 114 Å². The highest BCUT2D eigenvalue weighted by Crippen LogP contribution is 2.42. The summed E-state index contributed by atoms with van der Waals surface area (Å²) in [6.45, 7) is 3.16. The summed E-state index contributed by atoms with van der Waals surface area (Å²) in [6.07, 6.45) is 6.07. The second-order valence-corrected chi connectivity index (χ2v) is 7.00. The average molecular weight is 264 g/mol. The predicted octanol–water partition coefficient (Wildman–Crippen LogP) is 0.843. The van der Waals surface area contributed by atoms with Crippen molar-refractivity contribution < 1.29 is 9.90 Å². The maximum atomic E-state index is 12.1. The van der Waals surface area contributed by atoms with Crippen molar-refractivity contribution in [2.45, 2.75) is 56.7 Å². The molecule has 4 aliphatic heterocycles. The standard InChI is InChI=1S/C15H24N2O2/c18-12-4-5-16-8-10-6-11(14(16)7-12)9-17-13(10)2-1-3-15(17)19/h10-14,18H,1-9H2. The summed E-state index contributed by atoms with van der Waals surface area (Å²) in [5, 5.41) is 9.92. The molecule has 1 N–H and O–H groups in total. The summed E-state index contributed by atoms with van der Waals surface area (Å²) < 4.78 is 0. The molecular weight excluding hydrogens is 240 g/mol. The molecule has 5 unspecified atom stereocenters. The fourth-order valence-corrected chi connectivity index (χ4v) is 5.07. The number of piperidine rings is 4. The van der Waals surface area contributed by atoms with Crippen LogP contribution in [0.5, 0.6) is 0 Å². The highest BCUT2D eigenvalue weighted by molar-refractivity contribution is 5.77. The van der Waals surface area contributed by atoms with Gasteiger partial charge in [-0.05, 0) is 43.9 Å². The number of hydrogen-bond donors (Lipinski definition) is 1. The molecule has 0 aliphatic carbocycles. The van der Waals surface area contributed by atoms with E-state index in [2.05, 4.69) is 9.80 Å². The van der Waals surface area contributed by atoms with E-state index in [0.717, 1.165) is 45.3 Å². The van der Waals surface area contributed by atoms with Crippen LogP contribution < -0.4 is 0 Å². The maximum Gasteiger partial charge on any atom is 0.222 e. The van der Waals surface area contributed by atoms with Crippen LogP contribution in [0, 0.1) is 11.8 Å². The fraction of sp³-hybridized carbons (Fsp3) is 0.933. The summed E-state index contributed by atoms with van der Waals surface area (Å²) in [7, 11) is 0. The quantitative estimate of drug-likeness (QED) is 0.705. The predicted molar refractivity (Wildman–Crippen MR) is 71.6 cm³/mol. The Morgan fingerprint density at radius 3 is 2.79 bits per heavy atom. The summed E-state index contributed by atoms with van der Waals surface area (Å²) in [6, 6.07) is 1.04. The van der Waals surface area contributed by atoms with Crippen LogP contribution in [0.4, 0.5) is 0 Å². The van der Waals surface area contributed by atoms with Gasteiger partial charge in [-0.2, -0.15) is 0 Å². The van der Waals surface area contributed by atoms with Crippen LogP contribution in [0.25, 0.3) is 0 Å². The van der Waals surface area contributed by atoms with Gasteiger partial charge in [-0.1, -0.05) is 0 Å². The minimum atomic E-state index is -0.118. The van der Waals surface area contributed by atoms with Gasteiger partial charge in [0.05, 0.1) is 6.10 Å². The van der Waals surface area contributed by atoms with Crippen molar-refractivity contribution in [3.63, 3.8) is 0 Å². The van der Waals surface area contributed by atoms with E-state index in [1.807, 2.05) is 0 Å². The second-order valence-electron chi connectivity index (χ2n) is 7.00. The molecule has 4 rings (SSSR count). The lowest BCUT2D eigenvalue weighted by molar-refractivity contribution is -0.150. The number of nitrogens with zero attached hydrogens (tertiary/aromatic N) is 2. The first kappa shape index (κ1) is 12.2. The molecule has 0 saturated carbocycles. The number of hydrogen-bond acceptors (Lipinski definition) is 3. The lowest BCUT2D eigenvalue weighted by atomic mass is 9.70. The zero-order chi connectivity index (χ0) is 13.0. The van der Waals surface area contributed by atoms with Crippen LogP contribution in [-0.2, 0) is 4.79 Å². The van der Waals surface area contributed by atoms with E-state index in [-0.39, 0.29) is 6.10 Å². The third-order valence-corrected chi connectivity index (χ3v) is 5.94. The highest BCUT2D eigenvalue weighted by Gasteiger charge is 2.48. The number of rotatable bonds is 0. The van der Waals surface area contributed by atoms with E-state index in [0.29, 0.717) is 29.8 Å². The Hall–Kier alpha value is -0.610. The van der Waals surface area contributed by atoms with Gasteiger partial charge >= 0.3 is 0 Å². The van der Waals surface area contributed by atoms with Gasteiger partial charge in [-0.3, -0.25) is 9.69 Å². The van der Waals surface area contributed by atoms with Gasteiger partial charge in [0, 0.05) is 38.1 Å². The van der Waals surface area contributed by atoms with Gasteiger partial charge < -0.3 is 10.0 Å². The molecule has 4 heteroatoms.